The van der Waals surface area contributed by atoms with E-state index in [1.54, 1.807) is 4.31 Å². The molecule has 1 fully saturated rings. The molecule has 0 saturated carbocycles. The van der Waals surface area contributed by atoms with Gasteiger partial charge in [0.15, 0.2) is 0 Å². The Hall–Kier alpha value is -1.56. The molecule has 0 N–H and O–H groups in total. The maximum atomic E-state index is 12.5. The number of nitrogens with zero attached hydrogens (tertiary/aromatic N) is 4. The van der Waals surface area contributed by atoms with Gasteiger partial charge < -0.3 is 0 Å². The third kappa shape index (κ3) is 2.89. The molecule has 2 rings (SSSR count). The number of sulfonamides is 1. The van der Waals surface area contributed by atoms with Crippen molar-refractivity contribution >= 4 is 15.7 Å². The first kappa shape index (κ1) is 13.9. The van der Waals surface area contributed by atoms with Crippen molar-refractivity contribution in [2.75, 3.05) is 6.54 Å². The Morgan fingerprint density at radius 3 is 2.58 bits per heavy atom. The predicted molar refractivity (Wildman–Crippen MR) is 72.5 cm³/mol. The molecule has 0 spiro atoms. The molecule has 6 nitrogen and oxygen atoms in total. The fourth-order valence-corrected chi connectivity index (χ4v) is 4.00. The first-order valence-corrected chi connectivity index (χ1v) is 7.67. The first-order chi connectivity index (χ1) is 9.05. The van der Waals surface area contributed by atoms with E-state index in [4.69, 9.17) is 5.53 Å². The summed E-state index contributed by atoms with van der Waals surface area (Å²) >= 11 is 0. The van der Waals surface area contributed by atoms with Crippen molar-refractivity contribution in [1.29, 1.82) is 0 Å². The molecule has 1 saturated heterocycles. The molecule has 0 bridgehead atoms. The highest BCUT2D eigenvalue weighted by Gasteiger charge is 2.30. The number of hydrogen-bond donors (Lipinski definition) is 0. The fraction of sp³-hybridized carbons (Fsp3) is 0.500. The van der Waals surface area contributed by atoms with Crippen LogP contribution in [0.3, 0.4) is 0 Å². The van der Waals surface area contributed by atoms with Crippen molar-refractivity contribution < 1.29 is 8.42 Å². The highest BCUT2D eigenvalue weighted by molar-refractivity contribution is 7.89. The number of piperidine rings is 1. The zero-order valence-electron chi connectivity index (χ0n) is 10.7. The van der Waals surface area contributed by atoms with Crippen LogP contribution in [0, 0.1) is 0 Å². The Morgan fingerprint density at radius 2 is 2.00 bits per heavy atom. The van der Waals surface area contributed by atoms with Crippen LogP contribution >= 0.6 is 0 Å². The van der Waals surface area contributed by atoms with Crippen LogP contribution in [0.15, 0.2) is 34.3 Å². The van der Waals surface area contributed by atoms with E-state index in [9.17, 15) is 8.42 Å². The molecule has 1 aliphatic heterocycles. The van der Waals surface area contributed by atoms with Crippen molar-refractivity contribution in [2.45, 2.75) is 37.1 Å². The molecule has 1 heterocycles. The summed E-state index contributed by atoms with van der Waals surface area (Å²) in [5.41, 5.74) is 8.73. The summed E-state index contributed by atoms with van der Waals surface area (Å²) in [7, 11) is -3.44. The average molecular weight is 280 g/mol. The molecule has 19 heavy (non-hydrogen) atoms. The Kier molecular flexibility index (Phi) is 4.09. The summed E-state index contributed by atoms with van der Waals surface area (Å²) in [5.74, 6) is 0. The molecule has 0 aliphatic carbocycles. The van der Waals surface area contributed by atoms with Crippen LogP contribution in [0.5, 0.6) is 0 Å². The van der Waals surface area contributed by atoms with E-state index in [1.165, 1.54) is 24.3 Å². The van der Waals surface area contributed by atoms with Crippen LogP contribution < -0.4 is 0 Å². The Labute approximate surface area is 112 Å². The molecule has 1 aromatic rings. The van der Waals surface area contributed by atoms with Gasteiger partial charge in [0.2, 0.25) is 10.0 Å². The van der Waals surface area contributed by atoms with Crippen LogP contribution in [0.25, 0.3) is 10.4 Å². The SMILES string of the molecule is CC1CCCCN1S(=O)(=O)c1ccc(N=[N+]=[N-])cc1. The van der Waals surface area contributed by atoms with E-state index >= 15 is 0 Å². The molecule has 102 valence electrons. The Morgan fingerprint density at radius 1 is 1.32 bits per heavy atom. The number of azide groups is 1. The largest absolute Gasteiger partial charge is 0.243 e. The summed E-state index contributed by atoms with van der Waals surface area (Å²) in [4.78, 5) is 2.91. The van der Waals surface area contributed by atoms with Crippen molar-refractivity contribution in [3.63, 3.8) is 0 Å². The molecule has 0 aromatic heterocycles. The second kappa shape index (κ2) is 5.61. The van der Waals surface area contributed by atoms with Gasteiger partial charge in [-0.15, -0.1) is 0 Å². The van der Waals surface area contributed by atoms with Crippen LogP contribution in [-0.4, -0.2) is 25.3 Å². The standard InChI is InChI=1S/C12H16N4O2S/c1-10-4-2-3-9-16(10)19(17,18)12-7-5-11(6-8-12)14-15-13/h5-8,10H,2-4,9H2,1H3. The van der Waals surface area contributed by atoms with Crippen LogP contribution in [0.4, 0.5) is 5.69 Å². The molecule has 1 atom stereocenters. The van der Waals surface area contributed by atoms with Crippen LogP contribution in [-0.2, 0) is 10.0 Å². The lowest BCUT2D eigenvalue weighted by atomic mass is 10.1. The quantitative estimate of drug-likeness (QED) is 0.483. The van der Waals surface area contributed by atoms with Gasteiger partial charge in [-0.1, -0.05) is 23.7 Å². The zero-order chi connectivity index (χ0) is 13.9. The van der Waals surface area contributed by atoms with E-state index < -0.39 is 10.0 Å². The smallest absolute Gasteiger partial charge is 0.207 e. The van der Waals surface area contributed by atoms with E-state index in [-0.39, 0.29) is 10.9 Å². The minimum absolute atomic E-state index is 0.0376. The summed E-state index contributed by atoms with van der Waals surface area (Å²) in [6.45, 7) is 2.51. The average Bonchev–Trinajstić information content (AvgIpc) is 2.40. The molecule has 0 amide bonds. The van der Waals surface area contributed by atoms with E-state index in [2.05, 4.69) is 10.0 Å². The lowest BCUT2D eigenvalue weighted by Crippen LogP contribution is -2.41. The highest BCUT2D eigenvalue weighted by atomic mass is 32.2. The topological polar surface area (TPSA) is 86.1 Å². The van der Waals surface area contributed by atoms with Crippen molar-refractivity contribution in [3.05, 3.63) is 34.7 Å². The van der Waals surface area contributed by atoms with Crippen molar-refractivity contribution in [3.8, 4) is 0 Å². The lowest BCUT2D eigenvalue weighted by Gasteiger charge is -2.32. The molecule has 7 heteroatoms. The predicted octanol–water partition coefficient (Wildman–Crippen LogP) is 3.19. The number of hydrogen-bond acceptors (Lipinski definition) is 3. The number of benzene rings is 1. The third-order valence-corrected chi connectivity index (χ3v) is 5.37. The van der Waals surface area contributed by atoms with Gasteiger partial charge in [0.1, 0.15) is 0 Å². The summed E-state index contributed by atoms with van der Waals surface area (Å²) in [5, 5.41) is 3.43. The highest BCUT2D eigenvalue weighted by Crippen LogP contribution is 2.26. The van der Waals surface area contributed by atoms with Gasteiger partial charge in [0, 0.05) is 23.2 Å². The summed E-state index contributed by atoms with van der Waals surface area (Å²) in [6, 6.07) is 6.04. The van der Waals surface area contributed by atoms with Crippen molar-refractivity contribution in [1.82, 2.24) is 4.31 Å². The normalized spacial score (nSPS) is 20.8. The molecule has 1 unspecified atom stereocenters. The maximum Gasteiger partial charge on any atom is 0.243 e. The molecular weight excluding hydrogens is 264 g/mol. The van der Waals surface area contributed by atoms with Crippen molar-refractivity contribution in [2.24, 2.45) is 5.11 Å². The second-order valence-electron chi connectivity index (χ2n) is 4.64. The monoisotopic (exact) mass is 280 g/mol. The molecular formula is C12H16N4O2S. The van der Waals surface area contributed by atoms with E-state index in [0.717, 1.165) is 19.3 Å². The van der Waals surface area contributed by atoms with Gasteiger partial charge in [-0.25, -0.2) is 8.42 Å². The van der Waals surface area contributed by atoms with Gasteiger partial charge >= 0.3 is 0 Å². The Bertz CT molecular complexity index is 591. The second-order valence-corrected chi connectivity index (χ2v) is 6.53. The van der Waals surface area contributed by atoms with Gasteiger partial charge in [0.25, 0.3) is 0 Å². The van der Waals surface area contributed by atoms with E-state index in [1.807, 2.05) is 6.92 Å². The van der Waals surface area contributed by atoms with E-state index in [0.29, 0.717) is 12.2 Å². The minimum Gasteiger partial charge on any atom is -0.207 e. The van der Waals surface area contributed by atoms with Gasteiger partial charge in [-0.2, -0.15) is 4.31 Å². The minimum atomic E-state index is -3.44. The van der Waals surface area contributed by atoms with Gasteiger partial charge in [0.05, 0.1) is 4.90 Å². The van der Waals surface area contributed by atoms with Gasteiger partial charge in [-0.05, 0) is 37.4 Å². The molecule has 1 aliphatic rings. The molecule has 1 aromatic carbocycles. The number of rotatable bonds is 3. The summed E-state index contributed by atoms with van der Waals surface area (Å²) < 4.78 is 26.5. The zero-order valence-corrected chi connectivity index (χ0v) is 11.5. The fourth-order valence-electron chi connectivity index (χ4n) is 2.30. The van der Waals surface area contributed by atoms with Gasteiger partial charge in [-0.3, -0.25) is 0 Å². The van der Waals surface area contributed by atoms with Crippen LogP contribution in [0.1, 0.15) is 26.2 Å². The van der Waals surface area contributed by atoms with Crippen LogP contribution in [0.2, 0.25) is 0 Å². The maximum absolute atomic E-state index is 12.5. The lowest BCUT2D eigenvalue weighted by molar-refractivity contribution is 0.268. The summed E-state index contributed by atoms with van der Waals surface area (Å²) in [6.07, 6.45) is 2.87. The third-order valence-electron chi connectivity index (χ3n) is 3.35. The Balaban J connectivity index is 2.30. The molecule has 0 radical (unpaired) electrons. The first-order valence-electron chi connectivity index (χ1n) is 6.23.